The Morgan fingerprint density at radius 2 is 2.10 bits per heavy atom. The van der Waals surface area contributed by atoms with Crippen LogP contribution >= 0.6 is 11.3 Å². The van der Waals surface area contributed by atoms with Gasteiger partial charge < -0.3 is 5.73 Å². The number of aryl methyl sites for hydroxylation is 1. The molecule has 2 rings (SSSR count). The number of thiophene rings is 1. The highest BCUT2D eigenvalue weighted by molar-refractivity contribution is 7.89. The van der Waals surface area contributed by atoms with E-state index in [0.29, 0.717) is 13.0 Å². The predicted molar refractivity (Wildman–Crippen MR) is 86.7 cm³/mol. The van der Waals surface area contributed by atoms with E-state index in [0.717, 1.165) is 16.0 Å². The third-order valence-corrected chi connectivity index (χ3v) is 5.90. The summed E-state index contributed by atoms with van der Waals surface area (Å²) in [6.45, 7) is 4.22. The first-order chi connectivity index (χ1) is 9.97. The SMILES string of the molecule is CCC(NS(=O)(=O)c1ccc(C)c(CN)c1)c1cccs1. The van der Waals surface area contributed by atoms with Crippen molar-refractivity contribution in [3.8, 4) is 0 Å². The number of nitrogens with two attached hydrogens (primary N) is 1. The fraction of sp³-hybridized carbons (Fsp3) is 0.333. The van der Waals surface area contributed by atoms with Gasteiger partial charge in [0.15, 0.2) is 0 Å². The predicted octanol–water partition coefficient (Wildman–Crippen LogP) is 2.94. The van der Waals surface area contributed by atoms with E-state index in [1.807, 2.05) is 31.4 Å². The van der Waals surface area contributed by atoms with E-state index >= 15 is 0 Å². The molecule has 21 heavy (non-hydrogen) atoms. The first-order valence-electron chi connectivity index (χ1n) is 6.83. The van der Waals surface area contributed by atoms with E-state index in [1.165, 1.54) is 0 Å². The van der Waals surface area contributed by atoms with Gasteiger partial charge in [-0.15, -0.1) is 11.3 Å². The normalized spacial score (nSPS) is 13.3. The van der Waals surface area contributed by atoms with Gasteiger partial charge in [0.1, 0.15) is 0 Å². The Labute approximate surface area is 130 Å². The number of nitrogens with one attached hydrogen (secondary N) is 1. The van der Waals surface area contributed by atoms with Crippen LogP contribution in [0.15, 0.2) is 40.6 Å². The average molecular weight is 324 g/mol. The van der Waals surface area contributed by atoms with Crippen molar-refractivity contribution < 1.29 is 8.42 Å². The van der Waals surface area contributed by atoms with Gasteiger partial charge in [-0.25, -0.2) is 13.1 Å². The molecule has 3 N–H and O–H groups in total. The number of hydrogen-bond acceptors (Lipinski definition) is 4. The molecule has 114 valence electrons. The minimum absolute atomic E-state index is 0.197. The van der Waals surface area contributed by atoms with Gasteiger partial charge in [-0.2, -0.15) is 0 Å². The lowest BCUT2D eigenvalue weighted by Gasteiger charge is -2.16. The Morgan fingerprint density at radius 1 is 1.33 bits per heavy atom. The van der Waals surface area contributed by atoms with Gasteiger partial charge in [0.2, 0.25) is 10.0 Å². The maximum absolute atomic E-state index is 12.5. The van der Waals surface area contributed by atoms with Crippen LogP contribution in [-0.2, 0) is 16.6 Å². The monoisotopic (exact) mass is 324 g/mol. The second-order valence-electron chi connectivity index (χ2n) is 4.89. The first-order valence-corrected chi connectivity index (χ1v) is 9.19. The molecule has 0 radical (unpaired) electrons. The number of benzene rings is 1. The summed E-state index contributed by atoms with van der Waals surface area (Å²) in [5, 5.41) is 1.95. The zero-order chi connectivity index (χ0) is 15.5. The Kier molecular flexibility index (Phi) is 5.16. The highest BCUT2D eigenvalue weighted by atomic mass is 32.2. The molecular formula is C15H20N2O2S2. The van der Waals surface area contributed by atoms with Gasteiger partial charge >= 0.3 is 0 Å². The molecule has 0 bridgehead atoms. The smallest absolute Gasteiger partial charge is 0.241 e. The van der Waals surface area contributed by atoms with Crippen LogP contribution in [0.3, 0.4) is 0 Å². The molecule has 1 aromatic carbocycles. The van der Waals surface area contributed by atoms with Gasteiger partial charge in [-0.3, -0.25) is 0 Å². The van der Waals surface area contributed by atoms with Gasteiger partial charge in [0, 0.05) is 11.4 Å². The zero-order valence-corrected chi connectivity index (χ0v) is 13.8. The molecule has 2 aromatic rings. The summed E-state index contributed by atoms with van der Waals surface area (Å²) in [6, 6.07) is 8.74. The van der Waals surface area contributed by atoms with E-state index in [4.69, 9.17) is 5.73 Å². The Hall–Kier alpha value is -1.21. The molecule has 1 unspecified atom stereocenters. The molecule has 0 amide bonds. The van der Waals surface area contributed by atoms with E-state index < -0.39 is 10.0 Å². The third kappa shape index (κ3) is 3.71. The van der Waals surface area contributed by atoms with Crippen LogP contribution in [0.1, 0.15) is 35.4 Å². The molecule has 4 nitrogen and oxygen atoms in total. The molecule has 0 aliphatic carbocycles. The van der Waals surface area contributed by atoms with Crippen LogP contribution in [0.5, 0.6) is 0 Å². The summed E-state index contributed by atoms with van der Waals surface area (Å²) in [5.41, 5.74) is 7.50. The summed E-state index contributed by atoms with van der Waals surface area (Å²) in [6.07, 6.45) is 0.704. The minimum Gasteiger partial charge on any atom is -0.326 e. The first kappa shape index (κ1) is 16.2. The number of rotatable bonds is 6. The summed E-state index contributed by atoms with van der Waals surface area (Å²) in [5.74, 6) is 0. The zero-order valence-electron chi connectivity index (χ0n) is 12.2. The second-order valence-corrected chi connectivity index (χ2v) is 7.58. The Balaban J connectivity index is 2.29. The fourth-order valence-electron chi connectivity index (χ4n) is 2.12. The summed E-state index contributed by atoms with van der Waals surface area (Å²) in [4.78, 5) is 1.29. The summed E-state index contributed by atoms with van der Waals surface area (Å²) < 4.78 is 27.8. The molecule has 0 spiro atoms. The van der Waals surface area contributed by atoms with Crippen LogP contribution in [0.2, 0.25) is 0 Å². The summed E-state index contributed by atoms with van der Waals surface area (Å²) in [7, 11) is -3.55. The molecule has 1 heterocycles. The van der Waals surface area contributed by atoms with Crippen molar-refractivity contribution in [2.45, 2.75) is 37.8 Å². The van der Waals surface area contributed by atoms with Crippen molar-refractivity contribution in [3.63, 3.8) is 0 Å². The molecule has 0 aliphatic rings. The van der Waals surface area contributed by atoms with Gasteiger partial charge in [-0.05, 0) is 48.1 Å². The lowest BCUT2D eigenvalue weighted by atomic mass is 10.1. The fourth-order valence-corrected chi connectivity index (χ4v) is 4.41. The van der Waals surface area contributed by atoms with Gasteiger partial charge in [0.05, 0.1) is 10.9 Å². The molecule has 1 atom stereocenters. The summed E-state index contributed by atoms with van der Waals surface area (Å²) >= 11 is 1.55. The molecule has 1 aromatic heterocycles. The average Bonchev–Trinajstić information content (AvgIpc) is 2.99. The highest BCUT2D eigenvalue weighted by Gasteiger charge is 2.21. The standard InChI is InChI=1S/C15H20N2O2S2/c1-3-14(15-5-4-8-20-15)17-21(18,19)13-7-6-11(2)12(9-13)10-16/h4-9,14,17H,3,10,16H2,1-2H3. The van der Waals surface area contributed by atoms with Gasteiger partial charge in [0.25, 0.3) is 0 Å². The maximum atomic E-state index is 12.5. The number of hydrogen-bond donors (Lipinski definition) is 2. The lowest BCUT2D eigenvalue weighted by Crippen LogP contribution is -2.28. The molecular weight excluding hydrogens is 304 g/mol. The largest absolute Gasteiger partial charge is 0.326 e. The quantitative estimate of drug-likeness (QED) is 0.858. The van der Waals surface area contributed by atoms with Crippen LogP contribution in [0.25, 0.3) is 0 Å². The topological polar surface area (TPSA) is 72.2 Å². The van der Waals surface area contributed by atoms with Crippen LogP contribution in [0.4, 0.5) is 0 Å². The molecule has 6 heteroatoms. The van der Waals surface area contributed by atoms with Crippen molar-refractivity contribution in [1.29, 1.82) is 0 Å². The number of sulfonamides is 1. The van der Waals surface area contributed by atoms with Crippen molar-refractivity contribution in [2.75, 3.05) is 0 Å². The Morgan fingerprint density at radius 3 is 2.67 bits per heavy atom. The second kappa shape index (κ2) is 6.70. The maximum Gasteiger partial charge on any atom is 0.241 e. The highest BCUT2D eigenvalue weighted by Crippen LogP contribution is 2.24. The van der Waals surface area contributed by atoms with E-state index in [9.17, 15) is 8.42 Å². The molecule has 0 aliphatic heterocycles. The molecule has 0 saturated heterocycles. The van der Waals surface area contributed by atoms with Crippen molar-refractivity contribution in [3.05, 3.63) is 51.7 Å². The van der Waals surface area contributed by atoms with E-state index in [1.54, 1.807) is 29.5 Å². The molecule has 0 saturated carbocycles. The molecule has 0 fully saturated rings. The van der Waals surface area contributed by atoms with Crippen LogP contribution < -0.4 is 10.5 Å². The Bertz CT molecular complexity index is 694. The van der Waals surface area contributed by atoms with E-state index in [-0.39, 0.29) is 10.9 Å². The third-order valence-electron chi connectivity index (χ3n) is 3.44. The van der Waals surface area contributed by atoms with E-state index in [2.05, 4.69) is 4.72 Å². The van der Waals surface area contributed by atoms with Crippen LogP contribution in [0, 0.1) is 6.92 Å². The van der Waals surface area contributed by atoms with Crippen molar-refractivity contribution in [2.24, 2.45) is 5.73 Å². The van der Waals surface area contributed by atoms with Crippen molar-refractivity contribution in [1.82, 2.24) is 4.72 Å². The van der Waals surface area contributed by atoms with Crippen molar-refractivity contribution >= 4 is 21.4 Å². The van der Waals surface area contributed by atoms with Gasteiger partial charge in [-0.1, -0.05) is 19.1 Å². The minimum atomic E-state index is -3.55. The lowest BCUT2D eigenvalue weighted by molar-refractivity contribution is 0.553. The van der Waals surface area contributed by atoms with Crippen LogP contribution in [-0.4, -0.2) is 8.42 Å².